The first-order valence-corrected chi connectivity index (χ1v) is 9.83. The molecule has 5 heteroatoms. The van der Waals surface area contributed by atoms with E-state index in [1.54, 1.807) is 18.4 Å². The Labute approximate surface area is 145 Å². The molecule has 1 N–H and O–H groups in total. The minimum absolute atomic E-state index is 0.166. The SMILES string of the molecule is C[S@@](=O)c1ccc(NC2CCN(Cc3cccc(F)c3)CC2)cc1. The van der Waals surface area contributed by atoms with Crippen LogP contribution in [-0.2, 0) is 17.3 Å². The molecule has 3 nitrogen and oxygen atoms in total. The van der Waals surface area contributed by atoms with Crippen molar-refractivity contribution < 1.29 is 8.60 Å². The lowest BCUT2D eigenvalue weighted by Crippen LogP contribution is -2.38. The van der Waals surface area contributed by atoms with Gasteiger partial charge in [-0.3, -0.25) is 9.11 Å². The summed E-state index contributed by atoms with van der Waals surface area (Å²) in [5.41, 5.74) is 2.11. The number of hydrogen-bond donors (Lipinski definition) is 1. The highest BCUT2D eigenvalue weighted by molar-refractivity contribution is 7.84. The van der Waals surface area contributed by atoms with E-state index in [9.17, 15) is 8.60 Å². The van der Waals surface area contributed by atoms with Gasteiger partial charge in [0, 0.05) is 53.3 Å². The lowest BCUT2D eigenvalue weighted by molar-refractivity contribution is 0.211. The molecule has 1 atom stereocenters. The van der Waals surface area contributed by atoms with E-state index in [4.69, 9.17) is 0 Å². The lowest BCUT2D eigenvalue weighted by Gasteiger charge is -2.33. The summed E-state index contributed by atoms with van der Waals surface area (Å²) in [5, 5.41) is 3.55. The molecular weight excluding hydrogens is 323 g/mol. The van der Waals surface area contributed by atoms with Crippen molar-refractivity contribution in [3.8, 4) is 0 Å². The lowest BCUT2D eigenvalue weighted by atomic mass is 10.0. The molecule has 0 bridgehead atoms. The van der Waals surface area contributed by atoms with E-state index in [-0.39, 0.29) is 5.82 Å². The fraction of sp³-hybridized carbons (Fsp3) is 0.368. The molecule has 0 radical (unpaired) electrons. The van der Waals surface area contributed by atoms with Crippen molar-refractivity contribution >= 4 is 16.5 Å². The van der Waals surface area contributed by atoms with Crippen LogP contribution in [-0.4, -0.2) is 34.5 Å². The maximum Gasteiger partial charge on any atom is 0.123 e. The molecule has 0 saturated carbocycles. The molecule has 128 valence electrons. The summed E-state index contributed by atoms with van der Waals surface area (Å²) in [5.74, 6) is -0.166. The summed E-state index contributed by atoms with van der Waals surface area (Å²) in [6, 6.07) is 15.1. The van der Waals surface area contributed by atoms with Gasteiger partial charge in [-0.2, -0.15) is 0 Å². The van der Waals surface area contributed by atoms with Crippen LogP contribution in [0.3, 0.4) is 0 Å². The van der Waals surface area contributed by atoms with Gasteiger partial charge in [0.2, 0.25) is 0 Å². The summed E-state index contributed by atoms with van der Waals surface area (Å²) in [7, 11) is -0.931. The normalized spacial score (nSPS) is 17.6. The first-order chi connectivity index (χ1) is 11.6. The Morgan fingerprint density at radius 1 is 1.17 bits per heavy atom. The molecule has 3 rings (SSSR count). The number of nitrogens with zero attached hydrogens (tertiary/aromatic N) is 1. The average molecular weight is 346 g/mol. The standard InChI is InChI=1S/C19H23FN2OS/c1-24(23)19-7-5-17(6-8-19)21-18-9-11-22(12-10-18)14-15-3-2-4-16(20)13-15/h2-8,13,18,21H,9-12,14H2,1H3/t24-/m1/s1. The number of nitrogens with one attached hydrogen (secondary N) is 1. The molecule has 0 aromatic heterocycles. The predicted octanol–water partition coefficient (Wildman–Crippen LogP) is 3.64. The first kappa shape index (κ1) is 17.1. The van der Waals surface area contributed by atoms with Gasteiger partial charge in [-0.15, -0.1) is 0 Å². The minimum Gasteiger partial charge on any atom is -0.382 e. The zero-order valence-corrected chi connectivity index (χ0v) is 14.7. The zero-order valence-electron chi connectivity index (χ0n) is 13.9. The largest absolute Gasteiger partial charge is 0.382 e. The number of hydrogen-bond acceptors (Lipinski definition) is 3. The van der Waals surface area contributed by atoms with Gasteiger partial charge in [0.05, 0.1) is 0 Å². The number of piperidine rings is 1. The summed E-state index contributed by atoms with van der Waals surface area (Å²) in [6.07, 6.45) is 3.82. The average Bonchev–Trinajstić information content (AvgIpc) is 2.57. The van der Waals surface area contributed by atoms with Crippen LogP contribution in [0, 0.1) is 5.82 Å². The van der Waals surface area contributed by atoms with Crippen LogP contribution in [0.5, 0.6) is 0 Å². The number of benzene rings is 2. The van der Waals surface area contributed by atoms with Crippen LogP contribution in [0.2, 0.25) is 0 Å². The molecule has 0 amide bonds. The maximum atomic E-state index is 13.3. The van der Waals surface area contributed by atoms with Crippen molar-refractivity contribution in [3.63, 3.8) is 0 Å². The minimum atomic E-state index is -0.931. The second-order valence-electron chi connectivity index (χ2n) is 6.30. The van der Waals surface area contributed by atoms with E-state index in [0.717, 1.165) is 48.6 Å². The van der Waals surface area contributed by atoms with Crippen LogP contribution < -0.4 is 5.32 Å². The maximum absolute atomic E-state index is 13.3. The summed E-state index contributed by atoms with van der Waals surface area (Å²) >= 11 is 0. The Hall–Kier alpha value is -1.72. The Morgan fingerprint density at radius 2 is 1.88 bits per heavy atom. The smallest absolute Gasteiger partial charge is 0.123 e. The fourth-order valence-electron chi connectivity index (χ4n) is 3.11. The Morgan fingerprint density at radius 3 is 2.50 bits per heavy atom. The molecule has 1 aliphatic heterocycles. The Bertz CT molecular complexity index is 697. The first-order valence-electron chi connectivity index (χ1n) is 8.27. The molecule has 2 aromatic carbocycles. The second-order valence-corrected chi connectivity index (χ2v) is 7.68. The van der Waals surface area contributed by atoms with E-state index >= 15 is 0 Å². The topological polar surface area (TPSA) is 32.3 Å². The summed E-state index contributed by atoms with van der Waals surface area (Å²) < 4.78 is 24.7. The third-order valence-corrected chi connectivity index (χ3v) is 5.38. The van der Waals surface area contributed by atoms with Crippen molar-refractivity contribution in [1.82, 2.24) is 4.90 Å². The predicted molar refractivity (Wildman–Crippen MR) is 97.1 cm³/mol. The van der Waals surface area contributed by atoms with Crippen LogP contribution in [0.25, 0.3) is 0 Å². The van der Waals surface area contributed by atoms with Crippen LogP contribution in [0.1, 0.15) is 18.4 Å². The quantitative estimate of drug-likeness (QED) is 0.897. The molecule has 24 heavy (non-hydrogen) atoms. The van der Waals surface area contributed by atoms with Crippen LogP contribution in [0.4, 0.5) is 10.1 Å². The highest BCUT2D eigenvalue weighted by atomic mass is 32.2. The van der Waals surface area contributed by atoms with Gasteiger partial charge < -0.3 is 5.32 Å². The van der Waals surface area contributed by atoms with Crippen molar-refractivity contribution in [2.45, 2.75) is 30.3 Å². The molecule has 1 fully saturated rings. The molecule has 0 spiro atoms. The number of anilines is 1. The number of likely N-dealkylation sites (tertiary alicyclic amines) is 1. The molecule has 2 aromatic rings. The van der Waals surface area contributed by atoms with E-state index in [2.05, 4.69) is 10.2 Å². The monoisotopic (exact) mass is 346 g/mol. The Kier molecular flexibility index (Phi) is 5.63. The summed E-state index contributed by atoms with van der Waals surface area (Å²) in [4.78, 5) is 3.22. The van der Waals surface area contributed by atoms with E-state index in [1.807, 2.05) is 30.3 Å². The Balaban J connectivity index is 1.49. The third-order valence-electron chi connectivity index (χ3n) is 4.44. The highest BCUT2D eigenvalue weighted by Gasteiger charge is 2.19. The van der Waals surface area contributed by atoms with Gasteiger partial charge in [-0.1, -0.05) is 12.1 Å². The van der Waals surface area contributed by atoms with Crippen molar-refractivity contribution in [1.29, 1.82) is 0 Å². The number of halogens is 1. The number of rotatable bonds is 5. The van der Waals surface area contributed by atoms with Crippen LogP contribution >= 0.6 is 0 Å². The van der Waals surface area contributed by atoms with Crippen molar-refractivity contribution in [2.24, 2.45) is 0 Å². The van der Waals surface area contributed by atoms with Crippen LogP contribution in [0.15, 0.2) is 53.4 Å². The molecule has 1 saturated heterocycles. The van der Waals surface area contributed by atoms with Gasteiger partial charge in [-0.25, -0.2) is 4.39 Å². The van der Waals surface area contributed by atoms with E-state index < -0.39 is 10.8 Å². The van der Waals surface area contributed by atoms with Gasteiger partial charge in [-0.05, 0) is 54.8 Å². The second kappa shape index (κ2) is 7.90. The zero-order chi connectivity index (χ0) is 16.9. The summed E-state index contributed by atoms with van der Waals surface area (Å²) in [6.45, 7) is 2.82. The van der Waals surface area contributed by atoms with Gasteiger partial charge >= 0.3 is 0 Å². The molecule has 1 aliphatic rings. The molecule has 1 heterocycles. The third kappa shape index (κ3) is 4.65. The van der Waals surface area contributed by atoms with E-state index in [1.165, 1.54) is 6.07 Å². The van der Waals surface area contributed by atoms with Gasteiger partial charge in [0.1, 0.15) is 5.82 Å². The highest BCUT2D eigenvalue weighted by Crippen LogP contribution is 2.19. The van der Waals surface area contributed by atoms with Crippen molar-refractivity contribution in [3.05, 3.63) is 59.9 Å². The molecule has 0 aliphatic carbocycles. The van der Waals surface area contributed by atoms with Crippen molar-refractivity contribution in [2.75, 3.05) is 24.7 Å². The van der Waals surface area contributed by atoms with E-state index in [0.29, 0.717) is 6.04 Å². The molecule has 0 unspecified atom stereocenters. The van der Waals surface area contributed by atoms with Gasteiger partial charge in [0.15, 0.2) is 0 Å². The fourth-order valence-corrected chi connectivity index (χ4v) is 3.63. The molecular formula is C19H23FN2OS. The van der Waals surface area contributed by atoms with Gasteiger partial charge in [0.25, 0.3) is 0 Å².